The average Bonchev–Trinajstić information content (AvgIpc) is 2.48. The molecule has 1 rings (SSSR count). The van der Waals surface area contributed by atoms with Gasteiger partial charge in [-0.3, -0.25) is 0 Å². The van der Waals surface area contributed by atoms with Crippen molar-refractivity contribution >= 4 is 0 Å². The van der Waals surface area contributed by atoms with Gasteiger partial charge in [0.05, 0.1) is 6.10 Å². The Balaban J connectivity index is 2.30. The predicted octanol–water partition coefficient (Wildman–Crippen LogP) is -0.0670. The molecular weight excluding hydrogens is 166 g/mol. The molecule has 0 aromatic carbocycles. The topological polar surface area (TPSA) is 50.1 Å². The maximum atomic E-state index is 9.44. The monoisotopic (exact) mass is 183 g/mol. The van der Waals surface area contributed by atoms with Crippen molar-refractivity contribution in [2.75, 3.05) is 13.6 Å². The van der Waals surface area contributed by atoms with E-state index in [1.54, 1.807) is 6.20 Å². The van der Waals surface area contributed by atoms with Gasteiger partial charge in [0.25, 0.3) is 0 Å². The summed E-state index contributed by atoms with van der Waals surface area (Å²) in [6.45, 7) is 0.643. The number of aliphatic hydroxyl groups excluding tert-OH is 1. The van der Waals surface area contributed by atoms with Gasteiger partial charge in [-0.1, -0.05) is 0 Å². The van der Waals surface area contributed by atoms with Crippen LogP contribution in [0.1, 0.15) is 12.2 Å². The molecule has 2 N–H and O–H groups in total. The number of nitrogens with one attached hydrogen (secondary N) is 1. The third kappa shape index (κ3) is 3.16. The molecule has 0 saturated carbocycles. The highest BCUT2D eigenvalue weighted by Gasteiger charge is 2.05. The molecule has 0 bridgehead atoms. The quantitative estimate of drug-likeness (QED) is 0.672. The summed E-state index contributed by atoms with van der Waals surface area (Å²) in [5.74, 6) is 1.02. The van der Waals surface area contributed by atoms with Crippen LogP contribution in [-0.2, 0) is 13.5 Å². The van der Waals surface area contributed by atoms with E-state index in [0.29, 0.717) is 6.54 Å². The lowest BCUT2D eigenvalue weighted by Gasteiger charge is -2.08. The molecule has 1 unspecified atom stereocenters. The minimum Gasteiger partial charge on any atom is -0.392 e. The Morgan fingerprint density at radius 2 is 2.46 bits per heavy atom. The van der Waals surface area contributed by atoms with Crippen LogP contribution in [0.3, 0.4) is 0 Å². The van der Waals surface area contributed by atoms with Crippen molar-refractivity contribution in [2.45, 2.75) is 18.9 Å². The van der Waals surface area contributed by atoms with E-state index in [0.717, 1.165) is 18.7 Å². The first kappa shape index (κ1) is 10.2. The third-order valence-electron chi connectivity index (χ3n) is 2.06. The van der Waals surface area contributed by atoms with E-state index in [2.05, 4.69) is 10.3 Å². The molecule has 0 aliphatic carbocycles. The van der Waals surface area contributed by atoms with Gasteiger partial charge in [0.15, 0.2) is 0 Å². The Kier molecular flexibility index (Phi) is 3.92. The summed E-state index contributed by atoms with van der Waals surface area (Å²) in [6, 6.07) is 0. The number of nitrogens with zero attached hydrogens (tertiary/aromatic N) is 2. The summed E-state index contributed by atoms with van der Waals surface area (Å²) in [5, 5.41) is 12.4. The van der Waals surface area contributed by atoms with Crippen LogP contribution in [0, 0.1) is 0 Å². The Labute approximate surface area is 78.6 Å². The molecule has 0 aliphatic rings. The molecule has 13 heavy (non-hydrogen) atoms. The minimum atomic E-state index is -0.276. The largest absolute Gasteiger partial charge is 0.392 e. The van der Waals surface area contributed by atoms with Crippen LogP contribution in [0.4, 0.5) is 0 Å². The fourth-order valence-corrected chi connectivity index (χ4v) is 1.27. The van der Waals surface area contributed by atoms with Gasteiger partial charge in [-0.05, 0) is 13.5 Å². The number of rotatable bonds is 5. The Morgan fingerprint density at radius 3 is 3.00 bits per heavy atom. The summed E-state index contributed by atoms with van der Waals surface area (Å²) in [7, 11) is 3.80. The fraction of sp³-hybridized carbons (Fsp3) is 0.667. The molecular formula is C9H17N3O. The van der Waals surface area contributed by atoms with Crippen molar-refractivity contribution < 1.29 is 5.11 Å². The van der Waals surface area contributed by atoms with Gasteiger partial charge in [-0.2, -0.15) is 0 Å². The van der Waals surface area contributed by atoms with Gasteiger partial charge in [-0.15, -0.1) is 0 Å². The van der Waals surface area contributed by atoms with Crippen molar-refractivity contribution in [1.29, 1.82) is 0 Å². The van der Waals surface area contributed by atoms with Crippen molar-refractivity contribution in [2.24, 2.45) is 7.05 Å². The standard InChI is InChI=1S/C9H17N3O/c1-10-7-8(13)3-4-9-11-5-6-12(9)2/h5-6,8,10,13H,3-4,7H2,1-2H3. The smallest absolute Gasteiger partial charge is 0.108 e. The molecule has 74 valence electrons. The second-order valence-corrected chi connectivity index (χ2v) is 3.20. The summed E-state index contributed by atoms with van der Waals surface area (Å²) >= 11 is 0. The van der Waals surface area contributed by atoms with Crippen molar-refractivity contribution in [3.63, 3.8) is 0 Å². The van der Waals surface area contributed by atoms with Crippen LogP contribution < -0.4 is 5.32 Å². The molecule has 1 aromatic heterocycles. The van der Waals surface area contributed by atoms with Crippen molar-refractivity contribution in [3.8, 4) is 0 Å². The average molecular weight is 183 g/mol. The van der Waals surface area contributed by atoms with Gasteiger partial charge in [0.1, 0.15) is 5.82 Å². The Hall–Kier alpha value is -0.870. The lowest BCUT2D eigenvalue weighted by atomic mass is 10.2. The Morgan fingerprint density at radius 1 is 1.69 bits per heavy atom. The third-order valence-corrected chi connectivity index (χ3v) is 2.06. The molecule has 0 fully saturated rings. The second kappa shape index (κ2) is 4.99. The van der Waals surface area contributed by atoms with Gasteiger partial charge >= 0.3 is 0 Å². The van der Waals surface area contributed by atoms with Crippen LogP contribution in [0.25, 0.3) is 0 Å². The molecule has 0 saturated heterocycles. The Bertz CT molecular complexity index is 247. The van der Waals surface area contributed by atoms with E-state index < -0.39 is 0 Å². The first-order valence-corrected chi connectivity index (χ1v) is 4.53. The van der Waals surface area contributed by atoms with Gasteiger partial charge in [0, 0.05) is 32.4 Å². The summed E-state index contributed by atoms with van der Waals surface area (Å²) < 4.78 is 1.98. The van der Waals surface area contributed by atoms with Crippen LogP contribution in [-0.4, -0.2) is 34.4 Å². The number of imidazole rings is 1. The number of aromatic nitrogens is 2. The molecule has 0 radical (unpaired) electrons. The van der Waals surface area contributed by atoms with Crippen LogP contribution in [0.15, 0.2) is 12.4 Å². The highest BCUT2D eigenvalue weighted by Crippen LogP contribution is 2.01. The van der Waals surface area contributed by atoms with E-state index >= 15 is 0 Å². The first-order valence-electron chi connectivity index (χ1n) is 4.53. The van der Waals surface area contributed by atoms with Crippen molar-refractivity contribution in [1.82, 2.24) is 14.9 Å². The molecule has 1 heterocycles. The van der Waals surface area contributed by atoms with Crippen LogP contribution >= 0.6 is 0 Å². The predicted molar refractivity (Wildman–Crippen MR) is 51.5 cm³/mol. The van der Waals surface area contributed by atoms with Gasteiger partial charge in [0.2, 0.25) is 0 Å². The summed E-state index contributed by atoms with van der Waals surface area (Å²) in [4.78, 5) is 4.18. The maximum absolute atomic E-state index is 9.44. The number of aliphatic hydroxyl groups is 1. The zero-order valence-corrected chi connectivity index (χ0v) is 8.20. The molecule has 4 nitrogen and oxygen atoms in total. The van der Waals surface area contributed by atoms with E-state index in [-0.39, 0.29) is 6.10 Å². The molecule has 0 amide bonds. The first-order chi connectivity index (χ1) is 6.24. The normalized spacial score (nSPS) is 13.2. The molecule has 1 aromatic rings. The molecule has 1 atom stereocenters. The number of aryl methyl sites for hydroxylation is 2. The van der Waals surface area contributed by atoms with Crippen molar-refractivity contribution in [3.05, 3.63) is 18.2 Å². The molecule has 0 aliphatic heterocycles. The molecule has 0 spiro atoms. The van der Waals surface area contributed by atoms with E-state index in [9.17, 15) is 5.11 Å². The highest BCUT2D eigenvalue weighted by atomic mass is 16.3. The van der Waals surface area contributed by atoms with E-state index in [1.807, 2.05) is 24.9 Å². The fourth-order valence-electron chi connectivity index (χ4n) is 1.27. The summed E-state index contributed by atoms with van der Waals surface area (Å²) in [5.41, 5.74) is 0. The second-order valence-electron chi connectivity index (χ2n) is 3.20. The highest BCUT2D eigenvalue weighted by molar-refractivity contribution is 4.91. The number of likely N-dealkylation sites (N-methyl/N-ethyl adjacent to an activating group) is 1. The van der Waals surface area contributed by atoms with Gasteiger partial charge < -0.3 is 15.0 Å². The zero-order chi connectivity index (χ0) is 9.68. The molecule has 4 heteroatoms. The van der Waals surface area contributed by atoms with E-state index in [4.69, 9.17) is 0 Å². The van der Waals surface area contributed by atoms with E-state index in [1.165, 1.54) is 0 Å². The maximum Gasteiger partial charge on any atom is 0.108 e. The van der Waals surface area contributed by atoms with Crippen LogP contribution in [0.5, 0.6) is 0 Å². The zero-order valence-electron chi connectivity index (χ0n) is 8.20. The SMILES string of the molecule is CNCC(O)CCc1nccn1C. The summed E-state index contributed by atoms with van der Waals surface area (Å²) in [6.07, 6.45) is 5.00. The lowest BCUT2D eigenvalue weighted by molar-refractivity contribution is 0.164. The minimum absolute atomic E-state index is 0.276. The lowest BCUT2D eigenvalue weighted by Crippen LogP contribution is -2.24. The van der Waals surface area contributed by atoms with Gasteiger partial charge in [-0.25, -0.2) is 4.98 Å². The number of hydrogen-bond donors (Lipinski definition) is 2. The van der Waals surface area contributed by atoms with Crippen LogP contribution in [0.2, 0.25) is 0 Å². The number of hydrogen-bond acceptors (Lipinski definition) is 3.